The van der Waals surface area contributed by atoms with Crippen molar-refractivity contribution in [3.63, 3.8) is 0 Å². The van der Waals surface area contributed by atoms with Crippen molar-refractivity contribution in [2.75, 3.05) is 0 Å². The van der Waals surface area contributed by atoms with Crippen molar-refractivity contribution in [2.24, 2.45) is 5.92 Å². The number of hydrogen-bond donors (Lipinski definition) is 0. The van der Waals surface area contributed by atoms with Gasteiger partial charge in [0.15, 0.2) is 0 Å². The van der Waals surface area contributed by atoms with Crippen LogP contribution in [0.1, 0.15) is 32.6 Å². The van der Waals surface area contributed by atoms with Crippen molar-refractivity contribution >= 4 is 0 Å². The van der Waals surface area contributed by atoms with Crippen molar-refractivity contribution in [2.45, 2.75) is 45.1 Å². The van der Waals surface area contributed by atoms with Crippen molar-refractivity contribution in [1.29, 1.82) is 0 Å². The molecule has 4 heteroatoms. The van der Waals surface area contributed by atoms with E-state index in [2.05, 4.69) is 4.74 Å². The lowest BCUT2D eigenvalue weighted by atomic mass is 9.89. The largest absolute Gasteiger partial charge is 0.522 e. The van der Waals surface area contributed by atoms with Crippen LogP contribution in [0.3, 0.4) is 0 Å². The molecule has 0 amide bonds. The predicted molar refractivity (Wildman–Crippen MR) is 38.6 cm³/mol. The number of halogens is 3. The third-order valence-corrected chi connectivity index (χ3v) is 2.19. The molecule has 0 N–H and O–H groups in total. The van der Waals surface area contributed by atoms with Crippen LogP contribution in [0.25, 0.3) is 0 Å². The minimum Gasteiger partial charge on any atom is -0.289 e. The molecule has 1 nitrogen and oxygen atoms in total. The van der Waals surface area contributed by atoms with Gasteiger partial charge in [-0.1, -0.05) is 19.8 Å². The van der Waals surface area contributed by atoms with E-state index >= 15 is 0 Å². The molecule has 0 aromatic heterocycles. The van der Waals surface area contributed by atoms with E-state index in [0.717, 1.165) is 12.8 Å². The van der Waals surface area contributed by atoms with Gasteiger partial charge in [-0.05, 0) is 18.8 Å². The summed E-state index contributed by atoms with van der Waals surface area (Å²) in [6, 6.07) is 0. The number of ether oxygens (including phenoxy) is 1. The van der Waals surface area contributed by atoms with Gasteiger partial charge in [0.25, 0.3) is 0 Å². The van der Waals surface area contributed by atoms with Crippen LogP contribution < -0.4 is 0 Å². The van der Waals surface area contributed by atoms with Gasteiger partial charge >= 0.3 is 6.36 Å². The lowest BCUT2D eigenvalue weighted by Crippen LogP contribution is -2.28. The second kappa shape index (κ2) is 3.64. The number of hydrogen-bond acceptors (Lipinski definition) is 1. The van der Waals surface area contributed by atoms with Crippen molar-refractivity contribution < 1.29 is 17.9 Å². The first kappa shape index (κ1) is 9.84. The summed E-state index contributed by atoms with van der Waals surface area (Å²) in [5, 5.41) is 0. The van der Waals surface area contributed by atoms with Gasteiger partial charge in [-0.25, -0.2) is 0 Å². The van der Waals surface area contributed by atoms with Crippen molar-refractivity contribution in [1.82, 2.24) is 0 Å². The van der Waals surface area contributed by atoms with E-state index in [1.165, 1.54) is 0 Å². The van der Waals surface area contributed by atoms with Crippen LogP contribution in [-0.2, 0) is 4.74 Å². The summed E-state index contributed by atoms with van der Waals surface area (Å²) in [6.07, 6.45) is -2.10. The Morgan fingerprint density at radius 1 is 1.25 bits per heavy atom. The number of rotatable bonds is 1. The standard InChI is InChI=1S/C8H13F3O/c1-6-3-2-4-7(5-6)12-8(9,10)11/h6-7H,2-5H2,1H3. The molecule has 0 spiro atoms. The highest BCUT2D eigenvalue weighted by Crippen LogP contribution is 2.30. The predicted octanol–water partition coefficient (Wildman–Crippen LogP) is 3.10. The molecule has 0 radical (unpaired) electrons. The van der Waals surface area contributed by atoms with Gasteiger partial charge in [0.1, 0.15) is 0 Å². The Labute approximate surface area is 69.9 Å². The summed E-state index contributed by atoms with van der Waals surface area (Å²) in [4.78, 5) is 0. The Morgan fingerprint density at radius 3 is 2.42 bits per heavy atom. The average Bonchev–Trinajstić information content (AvgIpc) is 1.82. The molecule has 0 aromatic rings. The van der Waals surface area contributed by atoms with Crippen LogP contribution in [0.4, 0.5) is 13.2 Å². The zero-order chi connectivity index (χ0) is 9.19. The molecule has 72 valence electrons. The molecule has 0 bridgehead atoms. The minimum absolute atomic E-state index is 0.367. The fraction of sp³-hybridized carbons (Fsp3) is 1.00. The van der Waals surface area contributed by atoms with E-state index in [9.17, 15) is 13.2 Å². The molecule has 0 aliphatic heterocycles. The Hall–Kier alpha value is -0.250. The Balaban J connectivity index is 2.32. The molecule has 0 saturated heterocycles. The topological polar surface area (TPSA) is 9.23 Å². The third-order valence-electron chi connectivity index (χ3n) is 2.19. The fourth-order valence-electron chi connectivity index (χ4n) is 1.67. The molecular weight excluding hydrogens is 169 g/mol. The molecule has 1 aliphatic carbocycles. The molecule has 2 atom stereocenters. The van der Waals surface area contributed by atoms with Crippen molar-refractivity contribution in [3.8, 4) is 0 Å². The van der Waals surface area contributed by atoms with E-state index in [-0.39, 0.29) is 0 Å². The van der Waals surface area contributed by atoms with E-state index in [1.807, 2.05) is 6.92 Å². The second-order valence-electron chi connectivity index (χ2n) is 3.46. The third kappa shape index (κ3) is 3.43. The second-order valence-corrected chi connectivity index (χ2v) is 3.46. The highest BCUT2D eigenvalue weighted by molar-refractivity contribution is 4.70. The Kier molecular flexibility index (Phi) is 2.99. The molecule has 1 saturated carbocycles. The molecular formula is C8H13F3O. The van der Waals surface area contributed by atoms with Crippen LogP contribution in [0.15, 0.2) is 0 Å². The summed E-state index contributed by atoms with van der Waals surface area (Å²) in [7, 11) is 0. The Bertz CT molecular complexity index is 144. The van der Waals surface area contributed by atoms with E-state index in [0.29, 0.717) is 18.8 Å². The van der Waals surface area contributed by atoms with Gasteiger partial charge in [-0.2, -0.15) is 0 Å². The van der Waals surface area contributed by atoms with E-state index in [1.54, 1.807) is 0 Å². The van der Waals surface area contributed by atoms with Crippen LogP contribution >= 0.6 is 0 Å². The van der Waals surface area contributed by atoms with Gasteiger partial charge in [0.05, 0.1) is 6.10 Å². The summed E-state index contributed by atoms with van der Waals surface area (Å²) in [5.41, 5.74) is 0. The van der Waals surface area contributed by atoms with Gasteiger partial charge in [0.2, 0.25) is 0 Å². The molecule has 0 aromatic carbocycles. The quantitative estimate of drug-likeness (QED) is 0.605. The highest BCUT2D eigenvalue weighted by Gasteiger charge is 2.34. The van der Waals surface area contributed by atoms with Crippen LogP contribution in [0, 0.1) is 5.92 Å². The lowest BCUT2D eigenvalue weighted by Gasteiger charge is -2.27. The summed E-state index contributed by atoms with van der Waals surface area (Å²) in [5.74, 6) is 0.367. The van der Waals surface area contributed by atoms with Gasteiger partial charge in [-0.3, -0.25) is 4.74 Å². The average molecular weight is 182 g/mol. The molecule has 1 rings (SSSR count). The van der Waals surface area contributed by atoms with E-state index < -0.39 is 12.5 Å². The number of alkyl halides is 3. The zero-order valence-corrected chi connectivity index (χ0v) is 7.03. The van der Waals surface area contributed by atoms with Gasteiger partial charge in [0, 0.05) is 0 Å². The Morgan fingerprint density at radius 2 is 1.92 bits per heavy atom. The SMILES string of the molecule is CC1CCCC(OC(F)(F)F)C1. The molecule has 2 unspecified atom stereocenters. The highest BCUT2D eigenvalue weighted by atomic mass is 19.4. The van der Waals surface area contributed by atoms with Crippen LogP contribution in [-0.4, -0.2) is 12.5 Å². The monoisotopic (exact) mass is 182 g/mol. The maximum Gasteiger partial charge on any atom is 0.522 e. The first-order chi connectivity index (χ1) is 5.47. The molecule has 1 aliphatic rings. The smallest absolute Gasteiger partial charge is 0.289 e. The maximum absolute atomic E-state index is 11.7. The van der Waals surface area contributed by atoms with Crippen LogP contribution in [0.2, 0.25) is 0 Å². The lowest BCUT2D eigenvalue weighted by molar-refractivity contribution is -0.346. The zero-order valence-electron chi connectivity index (χ0n) is 7.03. The van der Waals surface area contributed by atoms with Gasteiger partial charge in [-0.15, -0.1) is 13.2 Å². The first-order valence-electron chi connectivity index (χ1n) is 4.22. The molecule has 1 fully saturated rings. The molecule has 0 heterocycles. The summed E-state index contributed by atoms with van der Waals surface area (Å²) < 4.78 is 39.2. The summed E-state index contributed by atoms with van der Waals surface area (Å²) >= 11 is 0. The summed E-state index contributed by atoms with van der Waals surface area (Å²) in [6.45, 7) is 1.96. The molecule has 12 heavy (non-hydrogen) atoms. The van der Waals surface area contributed by atoms with E-state index in [4.69, 9.17) is 0 Å². The van der Waals surface area contributed by atoms with Crippen molar-refractivity contribution in [3.05, 3.63) is 0 Å². The fourth-order valence-corrected chi connectivity index (χ4v) is 1.67. The first-order valence-corrected chi connectivity index (χ1v) is 4.22. The van der Waals surface area contributed by atoms with Gasteiger partial charge < -0.3 is 0 Å². The minimum atomic E-state index is -4.46. The van der Waals surface area contributed by atoms with Crippen LogP contribution in [0.5, 0.6) is 0 Å². The normalized spacial score (nSPS) is 32.0. The maximum atomic E-state index is 11.7.